The van der Waals surface area contributed by atoms with E-state index in [-0.39, 0.29) is 18.1 Å². The Morgan fingerprint density at radius 3 is 2.24 bits per heavy atom. The molecule has 8 nitrogen and oxygen atoms in total. The van der Waals surface area contributed by atoms with Gasteiger partial charge in [0.25, 0.3) is 0 Å². The van der Waals surface area contributed by atoms with Crippen LogP contribution < -0.4 is 10.1 Å². The number of hydrogen-bond donors (Lipinski definition) is 2. The Bertz CT molecular complexity index is 847. The Balaban J connectivity index is 1.59. The van der Waals surface area contributed by atoms with Gasteiger partial charge in [-0.25, -0.2) is 9.59 Å². The SMILES string of the molecule is COc1ccc(CN2C(=O)N(C3CCCCC3)[C@@H](N(O)C(=O)NC3CCCCC3)C2(C)C)cc1. The van der Waals surface area contributed by atoms with E-state index in [1.54, 1.807) is 16.9 Å². The highest BCUT2D eigenvalue weighted by atomic mass is 16.5. The Morgan fingerprint density at radius 1 is 1.06 bits per heavy atom. The molecule has 1 aliphatic heterocycles. The van der Waals surface area contributed by atoms with Crippen molar-refractivity contribution >= 4 is 12.1 Å². The zero-order valence-corrected chi connectivity index (χ0v) is 20.8. The summed E-state index contributed by atoms with van der Waals surface area (Å²) >= 11 is 0. The molecule has 34 heavy (non-hydrogen) atoms. The van der Waals surface area contributed by atoms with Crippen molar-refractivity contribution in [3.8, 4) is 5.75 Å². The molecule has 4 rings (SSSR count). The molecule has 0 bridgehead atoms. The number of urea groups is 2. The molecular weight excluding hydrogens is 432 g/mol. The minimum absolute atomic E-state index is 0.0172. The summed E-state index contributed by atoms with van der Waals surface area (Å²) in [7, 11) is 1.63. The van der Waals surface area contributed by atoms with Gasteiger partial charge in [0.2, 0.25) is 0 Å². The van der Waals surface area contributed by atoms with Gasteiger partial charge < -0.3 is 15.0 Å². The third-order valence-electron chi connectivity index (χ3n) is 7.88. The molecule has 2 N–H and O–H groups in total. The fraction of sp³-hybridized carbons (Fsp3) is 0.692. The molecule has 1 aromatic carbocycles. The predicted molar refractivity (Wildman–Crippen MR) is 130 cm³/mol. The topological polar surface area (TPSA) is 85.3 Å². The third-order valence-corrected chi connectivity index (χ3v) is 7.88. The van der Waals surface area contributed by atoms with Crippen molar-refractivity contribution in [1.29, 1.82) is 0 Å². The number of nitrogens with one attached hydrogen (secondary N) is 1. The lowest BCUT2D eigenvalue weighted by Gasteiger charge is -2.41. The lowest BCUT2D eigenvalue weighted by atomic mass is 9.92. The zero-order chi connectivity index (χ0) is 24.3. The van der Waals surface area contributed by atoms with Crippen molar-refractivity contribution in [3.05, 3.63) is 29.8 Å². The fourth-order valence-corrected chi connectivity index (χ4v) is 5.89. The maximum atomic E-state index is 13.8. The second-order valence-corrected chi connectivity index (χ2v) is 10.6. The van der Waals surface area contributed by atoms with Crippen molar-refractivity contribution in [2.45, 2.75) is 108 Å². The molecule has 1 aromatic rings. The van der Waals surface area contributed by atoms with Gasteiger partial charge in [-0.2, -0.15) is 5.06 Å². The van der Waals surface area contributed by atoms with Gasteiger partial charge in [0, 0.05) is 18.6 Å². The van der Waals surface area contributed by atoms with Crippen LogP contribution in [0.15, 0.2) is 24.3 Å². The molecule has 0 spiro atoms. The molecule has 1 atom stereocenters. The number of hydroxylamine groups is 2. The first-order chi connectivity index (χ1) is 16.3. The van der Waals surface area contributed by atoms with Crippen LogP contribution in [0, 0.1) is 0 Å². The molecule has 3 fully saturated rings. The lowest BCUT2D eigenvalue weighted by Crippen LogP contribution is -2.61. The molecule has 3 aliphatic rings. The smallest absolute Gasteiger partial charge is 0.343 e. The molecule has 188 valence electrons. The average Bonchev–Trinajstić information content (AvgIpc) is 3.05. The predicted octanol–water partition coefficient (Wildman–Crippen LogP) is 5.10. The van der Waals surface area contributed by atoms with Gasteiger partial charge in [0.15, 0.2) is 6.17 Å². The summed E-state index contributed by atoms with van der Waals surface area (Å²) in [6.07, 6.45) is 9.54. The van der Waals surface area contributed by atoms with E-state index in [4.69, 9.17) is 4.74 Å². The lowest BCUT2D eigenvalue weighted by molar-refractivity contribution is -0.141. The zero-order valence-electron chi connectivity index (χ0n) is 20.8. The second-order valence-electron chi connectivity index (χ2n) is 10.6. The van der Waals surface area contributed by atoms with Crippen molar-refractivity contribution in [2.24, 2.45) is 0 Å². The first-order valence-electron chi connectivity index (χ1n) is 12.8. The number of carbonyl (C=O) groups excluding carboxylic acids is 2. The monoisotopic (exact) mass is 472 g/mol. The molecule has 1 heterocycles. The second kappa shape index (κ2) is 10.4. The summed E-state index contributed by atoms with van der Waals surface area (Å²) < 4.78 is 5.26. The Labute approximate surface area is 203 Å². The molecule has 4 amide bonds. The van der Waals surface area contributed by atoms with Gasteiger partial charge in [-0.15, -0.1) is 0 Å². The van der Waals surface area contributed by atoms with Crippen LogP contribution in [0.2, 0.25) is 0 Å². The Morgan fingerprint density at radius 2 is 1.65 bits per heavy atom. The molecular formula is C26H40N4O4. The van der Waals surface area contributed by atoms with E-state index in [1.165, 1.54) is 6.42 Å². The van der Waals surface area contributed by atoms with Crippen LogP contribution >= 0.6 is 0 Å². The van der Waals surface area contributed by atoms with Crippen molar-refractivity contribution in [3.63, 3.8) is 0 Å². The van der Waals surface area contributed by atoms with Crippen LogP contribution in [0.1, 0.15) is 83.6 Å². The van der Waals surface area contributed by atoms with Gasteiger partial charge >= 0.3 is 12.1 Å². The van der Waals surface area contributed by atoms with E-state index in [9.17, 15) is 14.8 Å². The quantitative estimate of drug-likeness (QED) is 0.445. The molecule has 0 aromatic heterocycles. The standard InChI is InChI=1S/C26H40N4O4/c1-26(2)23(30(33)24(31)27-20-10-6-4-7-11-20)29(21-12-8-5-9-13-21)25(32)28(26)18-19-14-16-22(34-3)17-15-19/h14-17,20-21,23,33H,4-13,18H2,1-3H3,(H,27,31)/t23-/m0/s1. The van der Waals surface area contributed by atoms with Gasteiger partial charge in [-0.05, 0) is 57.2 Å². The average molecular weight is 473 g/mol. The maximum Gasteiger partial charge on any atom is 0.343 e. The first kappa shape index (κ1) is 24.6. The van der Waals surface area contributed by atoms with E-state index in [1.807, 2.05) is 38.1 Å². The molecule has 0 radical (unpaired) electrons. The van der Waals surface area contributed by atoms with Gasteiger partial charge in [-0.3, -0.25) is 10.1 Å². The third kappa shape index (κ3) is 4.97. The van der Waals surface area contributed by atoms with Crippen LogP contribution in [-0.4, -0.2) is 63.0 Å². The van der Waals surface area contributed by atoms with Crippen molar-refractivity contribution < 1.29 is 19.5 Å². The van der Waals surface area contributed by atoms with Crippen LogP contribution in [0.3, 0.4) is 0 Å². The number of rotatable bonds is 6. The number of carbonyl (C=O) groups is 2. The summed E-state index contributed by atoms with van der Waals surface area (Å²) in [6.45, 7) is 4.28. The van der Waals surface area contributed by atoms with E-state index in [0.717, 1.165) is 74.2 Å². The number of methoxy groups -OCH3 is 1. The van der Waals surface area contributed by atoms with Crippen molar-refractivity contribution in [2.75, 3.05) is 7.11 Å². The maximum absolute atomic E-state index is 13.8. The normalized spacial score (nSPS) is 23.8. The number of ether oxygens (including phenoxy) is 1. The van der Waals surface area contributed by atoms with Crippen LogP contribution in [0.5, 0.6) is 5.75 Å². The minimum Gasteiger partial charge on any atom is -0.497 e. The summed E-state index contributed by atoms with van der Waals surface area (Å²) in [5, 5.41) is 15.1. The molecule has 8 heteroatoms. The van der Waals surface area contributed by atoms with Gasteiger partial charge in [0.05, 0.1) is 12.6 Å². The number of amides is 4. The highest BCUT2D eigenvalue weighted by molar-refractivity contribution is 5.81. The highest BCUT2D eigenvalue weighted by Crippen LogP contribution is 2.40. The van der Waals surface area contributed by atoms with Crippen LogP contribution in [-0.2, 0) is 6.54 Å². The van der Waals surface area contributed by atoms with Crippen molar-refractivity contribution in [1.82, 2.24) is 20.2 Å². The Kier molecular flexibility index (Phi) is 7.55. The molecule has 1 saturated heterocycles. The molecule has 2 aliphatic carbocycles. The summed E-state index contributed by atoms with van der Waals surface area (Å²) in [4.78, 5) is 30.6. The summed E-state index contributed by atoms with van der Waals surface area (Å²) in [6, 6.07) is 7.13. The van der Waals surface area contributed by atoms with Crippen LogP contribution in [0.25, 0.3) is 0 Å². The van der Waals surface area contributed by atoms with Crippen LogP contribution in [0.4, 0.5) is 9.59 Å². The first-order valence-corrected chi connectivity index (χ1v) is 12.8. The summed E-state index contributed by atoms with van der Waals surface area (Å²) in [5.74, 6) is 0.762. The van der Waals surface area contributed by atoms with E-state index >= 15 is 0 Å². The molecule has 0 unspecified atom stereocenters. The van der Waals surface area contributed by atoms with E-state index in [0.29, 0.717) is 6.54 Å². The van der Waals surface area contributed by atoms with E-state index in [2.05, 4.69) is 5.32 Å². The highest BCUT2D eigenvalue weighted by Gasteiger charge is 2.57. The Hall–Kier alpha value is -2.48. The number of hydrogen-bond acceptors (Lipinski definition) is 4. The largest absolute Gasteiger partial charge is 0.497 e. The number of benzene rings is 1. The van der Waals surface area contributed by atoms with E-state index < -0.39 is 17.7 Å². The minimum atomic E-state index is -0.785. The molecule has 2 saturated carbocycles. The fourth-order valence-electron chi connectivity index (χ4n) is 5.89. The summed E-state index contributed by atoms with van der Waals surface area (Å²) in [5.41, 5.74) is 0.190. The van der Waals surface area contributed by atoms with Gasteiger partial charge in [0.1, 0.15) is 5.75 Å². The number of nitrogens with zero attached hydrogens (tertiary/aromatic N) is 3. The van der Waals surface area contributed by atoms with Gasteiger partial charge in [-0.1, -0.05) is 50.7 Å².